The van der Waals surface area contributed by atoms with Crippen molar-refractivity contribution in [3.8, 4) is 0 Å². The van der Waals surface area contributed by atoms with Crippen LogP contribution in [-0.2, 0) is 19.1 Å². The molecule has 0 aromatic carbocycles. The Morgan fingerprint density at radius 3 is 2.05 bits per heavy atom. The summed E-state index contributed by atoms with van der Waals surface area (Å²) < 4.78 is 11.0. The van der Waals surface area contributed by atoms with Crippen LogP contribution in [0.3, 0.4) is 0 Å². The van der Waals surface area contributed by atoms with Gasteiger partial charge in [-0.3, -0.25) is 9.59 Å². The summed E-state index contributed by atoms with van der Waals surface area (Å²) in [6, 6.07) is 0. The van der Waals surface area contributed by atoms with Crippen molar-refractivity contribution in [1.82, 2.24) is 0 Å². The number of carbonyl (C=O) groups excluding carboxylic acids is 2. The van der Waals surface area contributed by atoms with Crippen molar-refractivity contribution in [2.24, 2.45) is 17.3 Å². The number of esters is 2. The van der Waals surface area contributed by atoms with Crippen molar-refractivity contribution in [2.75, 3.05) is 6.61 Å². The van der Waals surface area contributed by atoms with Gasteiger partial charge in [0.1, 0.15) is 6.10 Å². The zero-order valence-corrected chi connectivity index (χ0v) is 14.8. The van der Waals surface area contributed by atoms with Gasteiger partial charge in [0.05, 0.1) is 6.61 Å². The van der Waals surface area contributed by atoms with E-state index < -0.39 is 17.4 Å². The molecule has 1 rings (SSSR count). The molecule has 22 heavy (non-hydrogen) atoms. The van der Waals surface area contributed by atoms with Crippen LogP contribution in [0.1, 0.15) is 73.1 Å². The molecule has 0 atom stereocenters. The Labute approximate surface area is 134 Å². The Bertz CT molecular complexity index is 363. The summed E-state index contributed by atoms with van der Waals surface area (Å²) in [6.07, 6.45) is 4.76. The van der Waals surface area contributed by atoms with Crippen LogP contribution >= 0.6 is 0 Å². The van der Waals surface area contributed by atoms with E-state index in [-0.39, 0.29) is 12.0 Å². The molecular weight excluding hydrogens is 280 g/mol. The number of hydrogen-bond donors (Lipinski definition) is 0. The fraction of sp³-hybridized carbons (Fsp3) is 0.889. The molecule has 0 radical (unpaired) electrons. The van der Waals surface area contributed by atoms with Crippen LogP contribution in [0.2, 0.25) is 0 Å². The van der Waals surface area contributed by atoms with Gasteiger partial charge in [-0.25, -0.2) is 0 Å². The minimum atomic E-state index is -1.14. The molecule has 0 aromatic rings. The average molecular weight is 312 g/mol. The molecule has 4 nitrogen and oxygen atoms in total. The number of ether oxygens (including phenoxy) is 2. The normalized spacial score (nSPS) is 22.5. The highest BCUT2D eigenvalue weighted by atomic mass is 16.6. The van der Waals surface area contributed by atoms with Gasteiger partial charge in [-0.05, 0) is 50.4 Å². The lowest BCUT2D eigenvalue weighted by molar-refractivity contribution is -0.178. The van der Waals surface area contributed by atoms with Crippen molar-refractivity contribution >= 4 is 11.9 Å². The van der Waals surface area contributed by atoms with E-state index in [0.29, 0.717) is 25.4 Å². The second-order valence-electron chi connectivity index (χ2n) is 7.07. The average Bonchev–Trinajstić information content (AvgIpc) is 2.49. The summed E-state index contributed by atoms with van der Waals surface area (Å²) in [7, 11) is 0. The predicted octanol–water partition coefficient (Wildman–Crippen LogP) is 4.11. The fourth-order valence-corrected chi connectivity index (χ4v) is 2.90. The van der Waals surface area contributed by atoms with Crippen molar-refractivity contribution in [1.29, 1.82) is 0 Å². The smallest absolute Gasteiger partial charge is 0.323 e. The van der Waals surface area contributed by atoms with E-state index in [1.165, 1.54) is 0 Å². The molecule has 1 aliphatic rings. The van der Waals surface area contributed by atoms with Crippen LogP contribution in [-0.4, -0.2) is 24.6 Å². The second-order valence-corrected chi connectivity index (χ2v) is 7.07. The summed E-state index contributed by atoms with van der Waals surface area (Å²) in [6.45, 7) is 10.2. The molecule has 1 fully saturated rings. The van der Waals surface area contributed by atoms with E-state index in [1.807, 2.05) is 27.7 Å². The van der Waals surface area contributed by atoms with Crippen molar-refractivity contribution in [2.45, 2.75) is 79.2 Å². The highest BCUT2D eigenvalue weighted by molar-refractivity contribution is 6.00. The van der Waals surface area contributed by atoms with Crippen LogP contribution in [0.4, 0.5) is 0 Å². The Kier molecular flexibility index (Phi) is 7.37. The van der Waals surface area contributed by atoms with Gasteiger partial charge in [0.2, 0.25) is 0 Å². The minimum absolute atomic E-state index is 0.0425. The van der Waals surface area contributed by atoms with Gasteiger partial charge in [0.15, 0.2) is 5.41 Å². The maximum absolute atomic E-state index is 12.6. The van der Waals surface area contributed by atoms with Gasteiger partial charge < -0.3 is 9.47 Å². The first-order valence-corrected chi connectivity index (χ1v) is 8.74. The number of hydrogen-bond acceptors (Lipinski definition) is 4. The maximum Gasteiger partial charge on any atom is 0.323 e. The Morgan fingerprint density at radius 1 is 1.05 bits per heavy atom. The Balaban J connectivity index is 2.71. The fourth-order valence-electron chi connectivity index (χ4n) is 2.90. The maximum atomic E-state index is 12.6. The minimum Gasteiger partial charge on any atom is -0.465 e. The summed E-state index contributed by atoms with van der Waals surface area (Å²) in [4.78, 5) is 25.1. The molecule has 4 heteroatoms. The van der Waals surface area contributed by atoms with Gasteiger partial charge >= 0.3 is 11.9 Å². The molecule has 0 spiro atoms. The molecule has 1 saturated carbocycles. The molecule has 0 heterocycles. The monoisotopic (exact) mass is 312 g/mol. The molecule has 1 aliphatic carbocycles. The van der Waals surface area contributed by atoms with E-state index >= 15 is 0 Å². The van der Waals surface area contributed by atoms with Crippen molar-refractivity contribution in [3.63, 3.8) is 0 Å². The van der Waals surface area contributed by atoms with Gasteiger partial charge in [-0.15, -0.1) is 0 Å². The van der Waals surface area contributed by atoms with Crippen LogP contribution in [0.5, 0.6) is 0 Å². The van der Waals surface area contributed by atoms with E-state index in [2.05, 4.69) is 6.92 Å². The third-order valence-corrected chi connectivity index (χ3v) is 4.77. The van der Waals surface area contributed by atoms with Crippen LogP contribution in [0, 0.1) is 17.3 Å². The van der Waals surface area contributed by atoms with Gasteiger partial charge in [-0.2, -0.15) is 0 Å². The molecule has 0 N–H and O–H groups in total. The molecular formula is C18H32O4. The van der Waals surface area contributed by atoms with E-state index in [9.17, 15) is 9.59 Å². The van der Waals surface area contributed by atoms with E-state index in [4.69, 9.17) is 9.47 Å². The molecule has 0 saturated heterocycles. The molecule has 0 aromatic heterocycles. The molecule has 0 unspecified atom stereocenters. The van der Waals surface area contributed by atoms with Crippen molar-refractivity contribution < 1.29 is 19.1 Å². The van der Waals surface area contributed by atoms with Crippen molar-refractivity contribution in [3.05, 3.63) is 0 Å². The first kappa shape index (κ1) is 19.0. The first-order valence-electron chi connectivity index (χ1n) is 8.74. The Morgan fingerprint density at radius 2 is 1.59 bits per heavy atom. The SMILES string of the molecule is CCC(CC)(C(=O)OCC(C)C)C(=O)OC1CCC(C)CC1. The summed E-state index contributed by atoms with van der Waals surface area (Å²) in [5, 5.41) is 0. The zero-order chi connectivity index (χ0) is 16.8. The Hall–Kier alpha value is -1.06. The van der Waals surface area contributed by atoms with Gasteiger partial charge in [-0.1, -0.05) is 34.6 Å². The highest BCUT2D eigenvalue weighted by Gasteiger charge is 2.46. The van der Waals surface area contributed by atoms with Crippen LogP contribution in [0.15, 0.2) is 0 Å². The molecule has 0 bridgehead atoms. The molecule has 0 aliphatic heterocycles. The van der Waals surface area contributed by atoms with Crippen LogP contribution < -0.4 is 0 Å². The summed E-state index contributed by atoms with van der Waals surface area (Å²) >= 11 is 0. The van der Waals surface area contributed by atoms with E-state index in [1.54, 1.807) is 0 Å². The third-order valence-electron chi connectivity index (χ3n) is 4.77. The standard InChI is InChI=1S/C18H32O4/c1-6-18(7-2,16(19)21-12-13(3)4)17(20)22-15-10-8-14(5)9-11-15/h13-15H,6-12H2,1-5H3. The van der Waals surface area contributed by atoms with E-state index in [0.717, 1.165) is 25.7 Å². The van der Waals surface area contributed by atoms with Gasteiger partial charge in [0.25, 0.3) is 0 Å². The second kappa shape index (κ2) is 8.54. The molecule has 0 amide bonds. The highest BCUT2D eigenvalue weighted by Crippen LogP contribution is 2.33. The molecule has 128 valence electrons. The predicted molar refractivity (Wildman–Crippen MR) is 86.3 cm³/mol. The topological polar surface area (TPSA) is 52.6 Å². The summed E-state index contributed by atoms with van der Waals surface area (Å²) in [5.41, 5.74) is -1.14. The zero-order valence-electron chi connectivity index (χ0n) is 14.8. The lowest BCUT2D eigenvalue weighted by atomic mass is 9.82. The third kappa shape index (κ3) is 4.72. The first-order chi connectivity index (χ1) is 10.4. The number of rotatable bonds is 7. The number of carbonyl (C=O) groups is 2. The quantitative estimate of drug-likeness (QED) is 0.524. The van der Waals surface area contributed by atoms with Crippen LogP contribution in [0.25, 0.3) is 0 Å². The summed E-state index contributed by atoms with van der Waals surface area (Å²) in [5.74, 6) is 0.130. The van der Waals surface area contributed by atoms with Gasteiger partial charge in [0, 0.05) is 0 Å². The lowest BCUT2D eigenvalue weighted by Crippen LogP contribution is -2.43. The lowest BCUT2D eigenvalue weighted by Gasteiger charge is -2.32. The largest absolute Gasteiger partial charge is 0.465 e.